The quantitative estimate of drug-likeness (QED) is 0.563. The molecule has 0 spiro atoms. The Balaban J connectivity index is 1.39. The molecule has 1 aliphatic carbocycles. The number of aromatic nitrogens is 1. The van der Waals surface area contributed by atoms with Gasteiger partial charge in [-0.15, -0.1) is 0 Å². The molecule has 1 saturated heterocycles. The van der Waals surface area contributed by atoms with Crippen molar-refractivity contribution < 1.29 is 5.11 Å². The number of hydrogen-bond acceptors (Lipinski definition) is 8. The van der Waals surface area contributed by atoms with E-state index in [2.05, 4.69) is 75.9 Å². The molecule has 4 heterocycles. The molecule has 8 heteroatoms. The van der Waals surface area contributed by atoms with Gasteiger partial charge in [-0.2, -0.15) is 0 Å². The van der Waals surface area contributed by atoms with E-state index in [-0.39, 0.29) is 18.7 Å². The number of fused-ring (bicyclic) bond motifs is 2. The molecule has 0 saturated carbocycles. The molecular weight excluding hydrogens is 450 g/mol. The van der Waals surface area contributed by atoms with Crippen LogP contribution in [0.3, 0.4) is 0 Å². The summed E-state index contributed by atoms with van der Waals surface area (Å²) in [7, 11) is 4.46. The second kappa shape index (κ2) is 11.4. The Bertz CT molecular complexity index is 984. The second-order valence-electron chi connectivity index (χ2n) is 10.7. The van der Waals surface area contributed by atoms with Crippen molar-refractivity contribution in [1.29, 1.82) is 0 Å². The van der Waals surface area contributed by atoms with E-state index < -0.39 is 0 Å². The van der Waals surface area contributed by atoms with Gasteiger partial charge < -0.3 is 19.8 Å². The van der Waals surface area contributed by atoms with Crippen molar-refractivity contribution in [2.24, 2.45) is 4.99 Å². The van der Waals surface area contributed by atoms with Crippen LogP contribution < -0.4 is 0 Å². The lowest BCUT2D eigenvalue weighted by molar-refractivity contribution is 0.117. The maximum Gasteiger partial charge on any atom is 0.129 e. The maximum atomic E-state index is 9.69. The lowest BCUT2D eigenvalue weighted by Gasteiger charge is -2.43. The number of likely N-dealkylation sites (N-methyl/N-ethyl adjacent to an activating group) is 3. The van der Waals surface area contributed by atoms with Gasteiger partial charge in [-0.25, -0.2) is 0 Å². The summed E-state index contributed by atoms with van der Waals surface area (Å²) in [5.41, 5.74) is 2.65. The molecule has 1 aromatic rings. The number of nitrogens with zero attached hydrogens (tertiary/aromatic N) is 7. The van der Waals surface area contributed by atoms with E-state index in [0.717, 1.165) is 64.5 Å². The average Bonchev–Trinajstić information content (AvgIpc) is 3.25. The third-order valence-corrected chi connectivity index (χ3v) is 8.37. The molecule has 1 aromatic heterocycles. The molecule has 0 aromatic carbocycles. The highest BCUT2D eigenvalue weighted by Crippen LogP contribution is 2.34. The normalized spacial score (nSPS) is 26.3. The van der Waals surface area contributed by atoms with Crippen LogP contribution in [0.2, 0.25) is 0 Å². The molecule has 0 amide bonds. The van der Waals surface area contributed by atoms with Crippen LogP contribution in [0.4, 0.5) is 0 Å². The third-order valence-electron chi connectivity index (χ3n) is 8.37. The fourth-order valence-corrected chi connectivity index (χ4v) is 6.25. The molecule has 2 unspecified atom stereocenters. The highest BCUT2D eigenvalue weighted by molar-refractivity contribution is 5.97. The first-order chi connectivity index (χ1) is 17.6. The Labute approximate surface area is 216 Å². The first-order valence-corrected chi connectivity index (χ1v) is 13.7. The second-order valence-corrected chi connectivity index (χ2v) is 10.7. The van der Waals surface area contributed by atoms with E-state index in [1.165, 1.54) is 23.5 Å². The van der Waals surface area contributed by atoms with Crippen LogP contribution in [-0.2, 0) is 6.42 Å². The molecule has 196 valence electrons. The first-order valence-electron chi connectivity index (χ1n) is 13.7. The number of aryl methyl sites for hydroxylation is 1. The van der Waals surface area contributed by atoms with Crippen LogP contribution in [0, 0.1) is 0 Å². The van der Waals surface area contributed by atoms with Crippen molar-refractivity contribution in [3.05, 3.63) is 53.6 Å². The number of amidine groups is 1. The van der Waals surface area contributed by atoms with E-state index in [1.54, 1.807) is 0 Å². The molecular formula is C28H43N7O. The number of hydrogen-bond donors (Lipinski definition) is 1. The van der Waals surface area contributed by atoms with E-state index in [4.69, 9.17) is 9.98 Å². The number of aliphatic hydroxyl groups is 1. The summed E-state index contributed by atoms with van der Waals surface area (Å²) in [6.45, 7) is 10.0. The topological polar surface area (TPSA) is 61.7 Å². The Morgan fingerprint density at radius 3 is 2.78 bits per heavy atom. The van der Waals surface area contributed by atoms with Crippen molar-refractivity contribution in [3.8, 4) is 0 Å². The minimum atomic E-state index is 0.158. The Morgan fingerprint density at radius 1 is 1.17 bits per heavy atom. The van der Waals surface area contributed by atoms with Crippen molar-refractivity contribution in [2.75, 3.05) is 73.1 Å². The molecule has 5 rings (SSSR count). The average molecular weight is 494 g/mol. The van der Waals surface area contributed by atoms with Crippen LogP contribution in [0.15, 0.2) is 47.4 Å². The van der Waals surface area contributed by atoms with Gasteiger partial charge in [-0.05, 0) is 63.7 Å². The minimum absolute atomic E-state index is 0.158. The monoisotopic (exact) mass is 493 g/mol. The summed E-state index contributed by atoms with van der Waals surface area (Å²) in [4.78, 5) is 22.4. The van der Waals surface area contributed by atoms with Gasteiger partial charge in [0.2, 0.25) is 0 Å². The standard InChI is InChI=1S/C28H43N7O/c1-4-33(18-19-36)21-25-23(20-32(3)24-10-5-8-22-9-7-13-29-28(22)24)30-26-11-6-12-27(35(25)26)34-16-14-31(2)15-17-34/h6-7,9,11-13,23-25,36H,4-5,8,10,14-21H2,1-3H3/t23?,24-,25?/m0/s1. The highest BCUT2D eigenvalue weighted by atomic mass is 16.3. The number of aliphatic hydroxyl groups excluding tert-OH is 1. The number of piperazine rings is 1. The summed E-state index contributed by atoms with van der Waals surface area (Å²) < 4.78 is 0. The number of rotatable bonds is 9. The van der Waals surface area contributed by atoms with Crippen LogP contribution in [0.5, 0.6) is 0 Å². The summed E-state index contributed by atoms with van der Waals surface area (Å²) in [5.74, 6) is 2.36. The van der Waals surface area contributed by atoms with Crippen molar-refractivity contribution in [3.63, 3.8) is 0 Å². The van der Waals surface area contributed by atoms with Gasteiger partial charge in [0, 0.05) is 52.0 Å². The summed E-state index contributed by atoms with van der Waals surface area (Å²) in [6, 6.07) is 5.04. The summed E-state index contributed by atoms with van der Waals surface area (Å²) in [6.07, 6.45) is 12.0. The minimum Gasteiger partial charge on any atom is -0.395 e. The molecule has 1 N–H and O–H groups in total. The zero-order chi connectivity index (χ0) is 25.1. The highest BCUT2D eigenvalue weighted by Gasteiger charge is 2.41. The van der Waals surface area contributed by atoms with E-state index in [0.29, 0.717) is 12.6 Å². The number of allylic oxidation sites excluding steroid dienone is 2. The van der Waals surface area contributed by atoms with Gasteiger partial charge in [-0.1, -0.05) is 19.1 Å². The Hall–Kier alpha value is -2.26. The molecule has 1 fully saturated rings. The molecule has 4 aliphatic rings. The fourth-order valence-electron chi connectivity index (χ4n) is 6.25. The molecule has 3 atom stereocenters. The molecule has 8 nitrogen and oxygen atoms in total. The van der Waals surface area contributed by atoms with Crippen LogP contribution in [0.25, 0.3) is 0 Å². The van der Waals surface area contributed by atoms with E-state index in [9.17, 15) is 5.11 Å². The van der Waals surface area contributed by atoms with Crippen LogP contribution >= 0.6 is 0 Å². The Morgan fingerprint density at radius 2 is 2.00 bits per heavy atom. The van der Waals surface area contributed by atoms with Gasteiger partial charge in [-0.3, -0.25) is 19.8 Å². The molecule has 3 aliphatic heterocycles. The molecule has 0 bridgehead atoms. The zero-order valence-electron chi connectivity index (χ0n) is 22.3. The smallest absolute Gasteiger partial charge is 0.129 e. The van der Waals surface area contributed by atoms with Gasteiger partial charge in [0.25, 0.3) is 0 Å². The summed E-state index contributed by atoms with van der Waals surface area (Å²) >= 11 is 0. The summed E-state index contributed by atoms with van der Waals surface area (Å²) in [5, 5.41) is 9.69. The van der Waals surface area contributed by atoms with Crippen LogP contribution in [-0.4, -0.2) is 126 Å². The SMILES string of the molecule is CCN(CCO)CC1C(CN(C)[C@H]2CCCc3cccnc32)N=C2C=CC=C(N3CCN(C)CC3)N21. The van der Waals surface area contributed by atoms with Gasteiger partial charge >= 0.3 is 0 Å². The van der Waals surface area contributed by atoms with Crippen LogP contribution in [0.1, 0.15) is 37.1 Å². The van der Waals surface area contributed by atoms with Gasteiger partial charge in [0.1, 0.15) is 11.7 Å². The number of pyridine rings is 1. The largest absolute Gasteiger partial charge is 0.395 e. The first kappa shape index (κ1) is 25.4. The van der Waals surface area contributed by atoms with Gasteiger partial charge in [0.15, 0.2) is 0 Å². The maximum absolute atomic E-state index is 9.69. The predicted octanol–water partition coefficient (Wildman–Crippen LogP) is 1.81. The van der Waals surface area contributed by atoms with Crippen molar-refractivity contribution >= 4 is 5.84 Å². The Kier molecular flexibility index (Phi) is 8.06. The zero-order valence-corrected chi connectivity index (χ0v) is 22.3. The van der Waals surface area contributed by atoms with Crippen molar-refractivity contribution in [1.82, 2.24) is 29.5 Å². The lowest BCUT2D eigenvalue weighted by atomic mass is 9.90. The third kappa shape index (κ3) is 5.23. The molecule has 0 radical (unpaired) electrons. The van der Waals surface area contributed by atoms with E-state index >= 15 is 0 Å². The van der Waals surface area contributed by atoms with Crippen molar-refractivity contribution in [2.45, 2.75) is 44.3 Å². The van der Waals surface area contributed by atoms with Gasteiger partial charge in [0.05, 0.1) is 30.4 Å². The predicted molar refractivity (Wildman–Crippen MR) is 145 cm³/mol. The van der Waals surface area contributed by atoms with E-state index in [1.807, 2.05) is 6.20 Å². The fraction of sp³-hybridized carbons (Fsp3) is 0.643. The number of aliphatic imine (C=N–C) groups is 1. The lowest BCUT2D eigenvalue weighted by Crippen LogP contribution is -2.54. The molecule has 36 heavy (non-hydrogen) atoms.